The van der Waals surface area contributed by atoms with Crippen LogP contribution in [0.1, 0.15) is 41.5 Å². The zero-order valence-corrected chi connectivity index (χ0v) is 15.2. The van der Waals surface area contributed by atoms with Gasteiger partial charge < -0.3 is 0 Å². The molecule has 0 N–H and O–H groups in total. The van der Waals surface area contributed by atoms with Crippen molar-refractivity contribution < 1.29 is 0 Å². The van der Waals surface area contributed by atoms with Crippen molar-refractivity contribution in [3.8, 4) is 0 Å². The van der Waals surface area contributed by atoms with Gasteiger partial charge in [0.05, 0.1) is 0 Å². The Morgan fingerprint density at radius 1 is 0.786 bits per heavy atom. The molecular weight excluding hydrogens is 342 g/mol. The van der Waals surface area contributed by atoms with E-state index in [-0.39, 0.29) is 13.2 Å². The minimum Gasteiger partial charge on any atom is -0.0606 e. The monoisotopic (exact) mass is 364 g/mol. The fraction of sp³-hybridized carbons (Fsp3) is 1.00. The molecule has 4 heteroatoms. The van der Waals surface area contributed by atoms with E-state index in [9.17, 15) is 0 Å². The van der Waals surface area contributed by atoms with E-state index in [1.807, 2.05) is 0 Å². The first kappa shape index (κ1) is 18.2. The van der Waals surface area contributed by atoms with Crippen LogP contribution in [0, 0.1) is 0 Å². The van der Waals surface area contributed by atoms with Gasteiger partial charge in [-0.25, -0.2) is 0 Å². The Kier molecular flexibility index (Phi) is 14.7. The molecule has 0 fully saturated rings. The number of halogens is 2. The van der Waals surface area contributed by atoms with Crippen LogP contribution >= 0.6 is 44.2 Å². The Balaban J connectivity index is 0. The second kappa shape index (κ2) is 11.3. The average Bonchev–Trinajstić information content (AvgIpc) is 2.15. The highest BCUT2D eigenvalue weighted by atomic mass is 79.9. The lowest BCUT2D eigenvalue weighted by molar-refractivity contribution is 1.10. The molecule has 0 aliphatic heterocycles. The summed E-state index contributed by atoms with van der Waals surface area (Å²) < 4.78 is 0. The Morgan fingerprint density at radius 2 is 1.00 bits per heavy atom. The largest absolute Gasteiger partial charge is 0.0606 e. The SMILES string of the molecule is CCP(Br)C(C)C.CCP(Br)C(C)C. The van der Waals surface area contributed by atoms with Crippen molar-refractivity contribution in [2.24, 2.45) is 0 Å². The number of hydrogen-bond donors (Lipinski definition) is 0. The standard InChI is InChI=1S/2C5H12BrP/c2*1-4-7(6)5(2)3/h2*5H,4H2,1-3H3. The lowest BCUT2D eigenvalue weighted by Crippen LogP contribution is -1.87. The summed E-state index contributed by atoms with van der Waals surface area (Å²) in [6.07, 6.45) is 2.60. The molecule has 0 amide bonds. The maximum absolute atomic E-state index is 3.61. The van der Waals surface area contributed by atoms with E-state index in [4.69, 9.17) is 0 Å². The molecule has 0 radical (unpaired) electrons. The second-order valence-electron chi connectivity index (χ2n) is 3.62. The third-order valence-electron chi connectivity index (χ3n) is 1.72. The van der Waals surface area contributed by atoms with Gasteiger partial charge in [-0.1, -0.05) is 72.5 Å². The van der Waals surface area contributed by atoms with Crippen molar-refractivity contribution in [2.45, 2.75) is 52.9 Å². The molecule has 2 unspecified atom stereocenters. The van der Waals surface area contributed by atoms with Crippen LogP contribution in [0.3, 0.4) is 0 Å². The van der Waals surface area contributed by atoms with Gasteiger partial charge in [-0.2, -0.15) is 0 Å². The molecule has 0 spiro atoms. The first-order chi connectivity index (χ1) is 6.36. The molecule has 0 saturated carbocycles. The van der Waals surface area contributed by atoms with E-state index in [1.165, 1.54) is 12.3 Å². The Labute approximate surface area is 109 Å². The van der Waals surface area contributed by atoms with Gasteiger partial charge in [-0.3, -0.25) is 0 Å². The van der Waals surface area contributed by atoms with Crippen LogP contribution in [0.15, 0.2) is 0 Å². The second-order valence-corrected chi connectivity index (χ2v) is 14.0. The summed E-state index contributed by atoms with van der Waals surface area (Å²) in [5.74, 6) is 0. The molecule has 0 aliphatic carbocycles. The van der Waals surface area contributed by atoms with Crippen molar-refractivity contribution in [3.63, 3.8) is 0 Å². The van der Waals surface area contributed by atoms with Crippen molar-refractivity contribution in [3.05, 3.63) is 0 Å². The van der Waals surface area contributed by atoms with Gasteiger partial charge in [0.25, 0.3) is 0 Å². The van der Waals surface area contributed by atoms with E-state index in [2.05, 4.69) is 72.5 Å². The van der Waals surface area contributed by atoms with Crippen LogP contribution in [0.5, 0.6) is 0 Å². The van der Waals surface area contributed by atoms with Crippen LogP contribution in [0.4, 0.5) is 0 Å². The summed E-state index contributed by atoms with van der Waals surface area (Å²) in [5.41, 5.74) is 1.69. The van der Waals surface area contributed by atoms with Crippen LogP contribution in [-0.2, 0) is 0 Å². The van der Waals surface area contributed by atoms with Gasteiger partial charge in [-0.15, -0.1) is 0 Å². The van der Waals surface area contributed by atoms with Crippen LogP contribution < -0.4 is 0 Å². The average molecular weight is 366 g/mol. The zero-order valence-electron chi connectivity index (χ0n) is 10.2. The van der Waals surface area contributed by atoms with Crippen LogP contribution in [0.25, 0.3) is 0 Å². The molecule has 88 valence electrons. The molecule has 0 aliphatic rings. The molecular formula is C10H24Br2P2. The first-order valence-corrected chi connectivity index (χ1v) is 12.4. The molecule has 0 nitrogen and oxygen atoms in total. The van der Waals surface area contributed by atoms with E-state index in [0.717, 1.165) is 11.3 Å². The molecule has 0 saturated heterocycles. The minimum absolute atomic E-state index is 0.175. The predicted molar refractivity (Wildman–Crippen MR) is 83.0 cm³/mol. The zero-order chi connectivity index (χ0) is 11.7. The van der Waals surface area contributed by atoms with Crippen molar-refractivity contribution in [1.29, 1.82) is 0 Å². The van der Waals surface area contributed by atoms with Crippen molar-refractivity contribution in [1.82, 2.24) is 0 Å². The summed E-state index contributed by atoms with van der Waals surface area (Å²) in [4.78, 5) is 0. The van der Waals surface area contributed by atoms with E-state index in [1.54, 1.807) is 0 Å². The van der Waals surface area contributed by atoms with Gasteiger partial charge in [0.1, 0.15) is 0 Å². The summed E-state index contributed by atoms with van der Waals surface area (Å²) in [5, 5.41) is 0. The van der Waals surface area contributed by atoms with Crippen LogP contribution in [0.2, 0.25) is 0 Å². The maximum Gasteiger partial charge on any atom is -0.0168 e. The van der Waals surface area contributed by atoms with Gasteiger partial charge in [0.2, 0.25) is 0 Å². The van der Waals surface area contributed by atoms with Gasteiger partial charge >= 0.3 is 0 Å². The van der Waals surface area contributed by atoms with Crippen LogP contribution in [-0.4, -0.2) is 23.6 Å². The smallest absolute Gasteiger partial charge is 0.0168 e. The van der Waals surface area contributed by atoms with E-state index >= 15 is 0 Å². The Bertz CT molecular complexity index is 105. The topological polar surface area (TPSA) is 0 Å². The molecule has 0 rings (SSSR count). The minimum atomic E-state index is 0.175. The summed E-state index contributed by atoms with van der Waals surface area (Å²) in [7, 11) is 0. The molecule has 0 aromatic heterocycles. The van der Waals surface area contributed by atoms with Crippen molar-refractivity contribution >= 4 is 44.2 Å². The van der Waals surface area contributed by atoms with Gasteiger partial charge in [0, 0.05) is 0 Å². The Hall–Kier alpha value is 1.82. The molecule has 2 atom stereocenters. The molecule has 0 bridgehead atoms. The fourth-order valence-corrected chi connectivity index (χ4v) is 2.19. The lowest BCUT2D eigenvalue weighted by Gasteiger charge is -2.09. The van der Waals surface area contributed by atoms with Gasteiger partial charge in [0.15, 0.2) is 0 Å². The fourth-order valence-electron chi connectivity index (χ4n) is 0.730. The third kappa shape index (κ3) is 11.9. The number of hydrogen-bond acceptors (Lipinski definition) is 0. The van der Waals surface area contributed by atoms with E-state index in [0.29, 0.717) is 0 Å². The van der Waals surface area contributed by atoms with E-state index < -0.39 is 0 Å². The molecule has 0 aromatic rings. The molecule has 0 aromatic carbocycles. The Morgan fingerprint density at radius 3 is 1.00 bits per heavy atom. The third-order valence-corrected chi connectivity index (χ3v) is 13.1. The summed E-state index contributed by atoms with van der Waals surface area (Å²) in [6.45, 7) is 13.8. The predicted octanol–water partition coefficient (Wildman–Crippen LogP) is 6.41. The highest BCUT2D eigenvalue weighted by Crippen LogP contribution is 2.48. The van der Waals surface area contributed by atoms with Crippen molar-refractivity contribution in [2.75, 3.05) is 12.3 Å². The normalized spacial score (nSPS) is 15.0. The highest BCUT2D eigenvalue weighted by molar-refractivity contribution is 9.39. The summed E-state index contributed by atoms with van der Waals surface area (Å²) in [6, 6.07) is 0. The number of rotatable bonds is 4. The molecule has 14 heavy (non-hydrogen) atoms. The summed E-state index contributed by atoms with van der Waals surface area (Å²) >= 11 is 7.21. The molecule has 0 heterocycles. The quantitative estimate of drug-likeness (QED) is 0.504. The highest BCUT2D eigenvalue weighted by Gasteiger charge is 2.03. The lowest BCUT2D eigenvalue weighted by atomic mass is 10.6. The maximum atomic E-state index is 3.61. The first-order valence-electron chi connectivity index (χ1n) is 5.21. The van der Waals surface area contributed by atoms with Gasteiger partial charge in [-0.05, 0) is 36.9 Å².